The smallest absolute Gasteiger partial charge is 0.237 e. The largest absolute Gasteiger partial charge is 0.325 e. The van der Waals surface area contributed by atoms with Crippen molar-refractivity contribution in [3.63, 3.8) is 0 Å². The average molecular weight is 458 g/mol. The number of pyridine rings is 1. The van der Waals surface area contributed by atoms with Gasteiger partial charge in [-0.2, -0.15) is 0 Å². The molecule has 0 aliphatic rings. The Morgan fingerprint density at radius 2 is 1.73 bits per heavy atom. The molecule has 0 aliphatic carbocycles. The fourth-order valence-corrected chi connectivity index (χ4v) is 4.44. The van der Waals surface area contributed by atoms with Crippen molar-refractivity contribution >= 4 is 23.4 Å². The van der Waals surface area contributed by atoms with Gasteiger partial charge in [-0.3, -0.25) is 14.3 Å². The third kappa shape index (κ3) is 4.98. The van der Waals surface area contributed by atoms with E-state index in [1.165, 1.54) is 17.3 Å². The van der Waals surface area contributed by atoms with Crippen LogP contribution in [-0.4, -0.2) is 30.9 Å². The van der Waals surface area contributed by atoms with Crippen LogP contribution >= 0.6 is 11.8 Å². The van der Waals surface area contributed by atoms with Gasteiger partial charge in [0.15, 0.2) is 11.0 Å². The van der Waals surface area contributed by atoms with Crippen LogP contribution in [0.5, 0.6) is 0 Å². The van der Waals surface area contributed by atoms with Crippen LogP contribution in [0.15, 0.2) is 78.2 Å². The second-order valence-corrected chi connectivity index (χ2v) is 9.47. The second kappa shape index (κ2) is 10.0. The van der Waals surface area contributed by atoms with Gasteiger partial charge in [0.2, 0.25) is 5.91 Å². The van der Waals surface area contributed by atoms with E-state index in [1.807, 2.05) is 66.9 Å². The van der Waals surface area contributed by atoms with Crippen molar-refractivity contribution in [1.82, 2.24) is 19.7 Å². The minimum atomic E-state index is -0.375. The minimum absolute atomic E-state index is 0.0797. The van der Waals surface area contributed by atoms with E-state index in [0.717, 1.165) is 22.5 Å². The van der Waals surface area contributed by atoms with Crippen molar-refractivity contribution in [3.8, 4) is 17.1 Å². The van der Waals surface area contributed by atoms with Gasteiger partial charge in [0.05, 0.1) is 10.9 Å². The van der Waals surface area contributed by atoms with E-state index < -0.39 is 0 Å². The molecule has 1 N–H and O–H groups in total. The molecule has 0 saturated carbocycles. The zero-order valence-electron chi connectivity index (χ0n) is 19.2. The summed E-state index contributed by atoms with van der Waals surface area (Å²) in [6, 6.07) is 19.9. The summed E-state index contributed by atoms with van der Waals surface area (Å²) in [5, 5.41) is 12.3. The number of aromatic nitrogens is 4. The molecule has 7 heteroatoms. The number of amides is 1. The molecule has 1 atom stereocenters. The van der Waals surface area contributed by atoms with Crippen molar-refractivity contribution in [2.75, 3.05) is 5.32 Å². The van der Waals surface area contributed by atoms with Crippen LogP contribution in [0.2, 0.25) is 0 Å². The predicted molar refractivity (Wildman–Crippen MR) is 134 cm³/mol. The Bertz CT molecular complexity index is 1250. The number of para-hydroxylation sites is 2. The van der Waals surface area contributed by atoms with Gasteiger partial charge in [-0.05, 0) is 55.2 Å². The lowest BCUT2D eigenvalue weighted by Crippen LogP contribution is -2.23. The van der Waals surface area contributed by atoms with Gasteiger partial charge in [-0.15, -0.1) is 10.2 Å². The van der Waals surface area contributed by atoms with Gasteiger partial charge in [-0.25, -0.2) is 0 Å². The molecule has 0 radical (unpaired) electrons. The zero-order chi connectivity index (χ0) is 23.4. The van der Waals surface area contributed by atoms with E-state index in [2.05, 4.69) is 46.5 Å². The minimum Gasteiger partial charge on any atom is -0.325 e. The first kappa shape index (κ1) is 22.7. The Hall–Kier alpha value is -3.45. The van der Waals surface area contributed by atoms with E-state index in [4.69, 9.17) is 0 Å². The molecule has 33 heavy (non-hydrogen) atoms. The fourth-order valence-electron chi connectivity index (χ4n) is 3.58. The number of anilines is 1. The number of hydrogen-bond acceptors (Lipinski definition) is 5. The number of carbonyl (C=O) groups is 1. The molecule has 4 rings (SSSR count). The molecule has 6 nitrogen and oxygen atoms in total. The number of benzene rings is 2. The molecule has 0 aliphatic heterocycles. The van der Waals surface area contributed by atoms with Crippen LogP contribution in [0.25, 0.3) is 17.1 Å². The molecule has 2 heterocycles. The lowest BCUT2D eigenvalue weighted by atomic mass is 10.0. The molecule has 0 fully saturated rings. The monoisotopic (exact) mass is 457 g/mol. The number of carbonyl (C=O) groups excluding carboxylic acids is 1. The Morgan fingerprint density at radius 3 is 2.45 bits per heavy atom. The summed E-state index contributed by atoms with van der Waals surface area (Å²) in [5.41, 5.74) is 4.90. The Labute approximate surface area is 198 Å². The number of thioether (sulfide) groups is 1. The van der Waals surface area contributed by atoms with Gasteiger partial charge in [-0.1, -0.05) is 62.0 Å². The van der Waals surface area contributed by atoms with E-state index in [0.29, 0.717) is 16.9 Å². The second-order valence-electron chi connectivity index (χ2n) is 8.16. The maximum absolute atomic E-state index is 13.0. The van der Waals surface area contributed by atoms with Crippen molar-refractivity contribution in [2.24, 2.45) is 0 Å². The predicted octanol–water partition coefficient (Wildman–Crippen LogP) is 5.88. The summed E-state index contributed by atoms with van der Waals surface area (Å²) in [6.45, 7) is 8.19. The summed E-state index contributed by atoms with van der Waals surface area (Å²) >= 11 is 1.39. The van der Waals surface area contributed by atoms with Gasteiger partial charge in [0, 0.05) is 23.6 Å². The fraction of sp³-hybridized carbons (Fsp3) is 0.231. The highest BCUT2D eigenvalue weighted by Gasteiger charge is 2.24. The highest BCUT2D eigenvalue weighted by molar-refractivity contribution is 8.00. The molecule has 1 unspecified atom stereocenters. The summed E-state index contributed by atoms with van der Waals surface area (Å²) in [4.78, 5) is 17.2. The molecular weight excluding hydrogens is 430 g/mol. The maximum Gasteiger partial charge on any atom is 0.237 e. The van der Waals surface area contributed by atoms with Crippen LogP contribution in [-0.2, 0) is 4.79 Å². The first-order valence-corrected chi connectivity index (χ1v) is 11.8. The molecule has 168 valence electrons. The number of hydrogen-bond donors (Lipinski definition) is 1. The molecular formula is C26H27N5OS. The summed E-state index contributed by atoms with van der Waals surface area (Å²) in [7, 11) is 0. The van der Waals surface area contributed by atoms with Crippen LogP contribution in [0.4, 0.5) is 5.69 Å². The van der Waals surface area contributed by atoms with Crippen LogP contribution in [0.1, 0.15) is 37.8 Å². The Kier molecular flexibility index (Phi) is 6.89. The third-order valence-electron chi connectivity index (χ3n) is 5.41. The Balaban J connectivity index is 1.71. The lowest BCUT2D eigenvalue weighted by Gasteiger charge is -2.18. The molecule has 1 amide bonds. The van der Waals surface area contributed by atoms with Gasteiger partial charge < -0.3 is 5.32 Å². The van der Waals surface area contributed by atoms with E-state index in [1.54, 1.807) is 12.4 Å². The summed E-state index contributed by atoms with van der Waals surface area (Å²) < 4.78 is 2.04. The van der Waals surface area contributed by atoms with Crippen molar-refractivity contribution in [2.45, 2.75) is 44.0 Å². The average Bonchev–Trinajstić information content (AvgIpc) is 3.24. The van der Waals surface area contributed by atoms with Crippen molar-refractivity contribution in [3.05, 3.63) is 84.2 Å². The molecule has 0 bridgehead atoms. The van der Waals surface area contributed by atoms with E-state index >= 15 is 0 Å². The third-order valence-corrected chi connectivity index (χ3v) is 6.45. The molecule has 0 spiro atoms. The quantitative estimate of drug-likeness (QED) is 0.351. The highest BCUT2D eigenvalue weighted by Crippen LogP contribution is 2.33. The molecule has 4 aromatic rings. The highest BCUT2D eigenvalue weighted by atomic mass is 32.2. The topological polar surface area (TPSA) is 72.7 Å². The molecule has 2 aromatic heterocycles. The summed E-state index contributed by atoms with van der Waals surface area (Å²) in [6.07, 6.45) is 3.52. The number of nitrogens with one attached hydrogen (secondary N) is 1. The van der Waals surface area contributed by atoms with Crippen LogP contribution < -0.4 is 5.32 Å². The van der Waals surface area contributed by atoms with E-state index in [9.17, 15) is 4.79 Å². The first-order chi connectivity index (χ1) is 16.0. The summed E-state index contributed by atoms with van der Waals surface area (Å²) in [5.74, 6) is 0.930. The van der Waals surface area contributed by atoms with Crippen molar-refractivity contribution < 1.29 is 4.79 Å². The lowest BCUT2D eigenvalue weighted by molar-refractivity contribution is -0.115. The number of aryl methyl sites for hydroxylation is 1. The standard InChI is InChI=1S/C26H27N5OS/c1-17(2)21-12-6-8-14-23(21)31-24(20-11-9-15-27-16-20)29-30-26(31)33-19(4)25(32)28-22-13-7-5-10-18(22)3/h5-17,19H,1-4H3,(H,28,32). The van der Waals surface area contributed by atoms with Gasteiger partial charge in [0.1, 0.15) is 0 Å². The first-order valence-electron chi connectivity index (χ1n) is 10.9. The van der Waals surface area contributed by atoms with Crippen molar-refractivity contribution in [1.29, 1.82) is 0 Å². The number of nitrogens with zero attached hydrogens (tertiary/aromatic N) is 4. The SMILES string of the molecule is Cc1ccccc1NC(=O)C(C)Sc1nnc(-c2cccnc2)n1-c1ccccc1C(C)C. The maximum atomic E-state index is 13.0. The zero-order valence-corrected chi connectivity index (χ0v) is 20.0. The van der Waals surface area contributed by atoms with E-state index in [-0.39, 0.29) is 11.2 Å². The normalized spacial score (nSPS) is 12.0. The van der Waals surface area contributed by atoms with Crippen LogP contribution in [0.3, 0.4) is 0 Å². The van der Waals surface area contributed by atoms with Crippen LogP contribution in [0, 0.1) is 6.92 Å². The van der Waals surface area contributed by atoms with Gasteiger partial charge >= 0.3 is 0 Å². The van der Waals surface area contributed by atoms with Gasteiger partial charge in [0.25, 0.3) is 0 Å². The number of rotatable bonds is 7. The molecule has 0 saturated heterocycles. The Morgan fingerprint density at radius 1 is 0.970 bits per heavy atom. The molecule has 2 aromatic carbocycles.